The van der Waals surface area contributed by atoms with Crippen LogP contribution < -0.4 is 15.4 Å². The van der Waals surface area contributed by atoms with Crippen LogP contribution in [0.1, 0.15) is 0 Å². The predicted molar refractivity (Wildman–Crippen MR) is 107 cm³/mol. The molecule has 0 fully saturated rings. The first-order valence-electron chi connectivity index (χ1n) is 8.62. The van der Waals surface area contributed by atoms with Crippen LogP contribution >= 0.6 is 0 Å². The number of pyridine rings is 1. The molecule has 0 spiro atoms. The van der Waals surface area contributed by atoms with Gasteiger partial charge >= 0.3 is 0 Å². The molecule has 2 aromatic heterocycles. The summed E-state index contributed by atoms with van der Waals surface area (Å²) in [5, 5.41) is 5.77. The molecular weight excluding hydrogens is 416 g/mol. The molecule has 0 aliphatic heterocycles. The minimum atomic E-state index is -4.05. The number of aryl methyl sites for hydroxylation is 1. The van der Waals surface area contributed by atoms with Gasteiger partial charge in [-0.05, 0) is 36.4 Å². The van der Waals surface area contributed by atoms with Crippen LogP contribution in [0.5, 0.6) is 11.5 Å². The molecule has 0 aliphatic carbocycles. The van der Waals surface area contributed by atoms with Crippen LogP contribution in [0.2, 0.25) is 0 Å². The second-order valence-electron chi connectivity index (χ2n) is 6.60. The maximum Gasteiger partial charge on any atom is 0.274 e. The van der Waals surface area contributed by atoms with Gasteiger partial charge in [-0.2, -0.15) is 0 Å². The van der Waals surface area contributed by atoms with Crippen molar-refractivity contribution >= 4 is 20.9 Å². The summed E-state index contributed by atoms with van der Waals surface area (Å²) < 4.78 is 58.1. The summed E-state index contributed by atoms with van der Waals surface area (Å²) in [6.07, 6.45) is 3.08. The number of ether oxygens (including phenoxy) is 1. The number of halogens is 2. The summed E-state index contributed by atoms with van der Waals surface area (Å²) >= 11 is 0. The Hall–Kier alpha value is -3.50. The molecule has 154 valence electrons. The lowest BCUT2D eigenvalue weighted by atomic mass is 10.0. The minimum Gasteiger partial charge on any atom is -0.454 e. The van der Waals surface area contributed by atoms with E-state index in [4.69, 9.17) is 9.88 Å². The molecular formula is C20H15F2N3O4S. The average molecular weight is 431 g/mol. The maximum absolute atomic E-state index is 14.1. The number of nitrogens with zero attached hydrogens (tertiary/aromatic N) is 1. The molecule has 0 amide bonds. The second kappa shape index (κ2) is 7.08. The van der Waals surface area contributed by atoms with Gasteiger partial charge in [0, 0.05) is 42.0 Å². The molecule has 4 aromatic rings. The molecule has 0 atom stereocenters. The number of nitrogens with two attached hydrogens (primary N) is 1. The zero-order valence-corrected chi connectivity index (χ0v) is 16.3. The Morgan fingerprint density at radius 3 is 2.47 bits per heavy atom. The number of benzene rings is 2. The first-order chi connectivity index (χ1) is 14.1. The number of aromatic amines is 1. The minimum absolute atomic E-state index is 0.0917. The van der Waals surface area contributed by atoms with Gasteiger partial charge in [-0.3, -0.25) is 4.79 Å². The molecule has 0 saturated heterocycles. The van der Waals surface area contributed by atoms with E-state index in [1.54, 1.807) is 12.3 Å². The topological polar surface area (TPSA) is 107 Å². The Kier molecular flexibility index (Phi) is 4.67. The number of H-pyrrole nitrogens is 1. The highest BCUT2D eigenvalue weighted by Gasteiger charge is 2.19. The van der Waals surface area contributed by atoms with Crippen LogP contribution in [0.3, 0.4) is 0 Å². The SMILES string of the molecule is Cn1cc(-c2cc(S(N)(=O)=O)ccc2Oc2ccc(F)cc2F)c2cc[nH]c2c1=O. The molecule has 3 N–H and O–H groups in total. The second-order valence-corrected chi connectivity index (χ2v) is 8.17. The van der Waals surface area contributed by atoms with E-state index in [0.717, 1.165) is 12.1 Å². The number of hydrogen-bond acceptors (Lipinski definition) is 4. The van der Waals surface area contributed by atoms with Gasteiger partial charge in [0.1, 0.15) is 17.1 Å². The summed E-state index contributed by atoms with van der Waals surface area (Å²) in [7, 11) is -2.51. The van der Waals surface area contributed by atoms with E-state index in [2.05, 4.69) is 4.98 Å². The van der Waals surface area contributed by atoms with Crippen LogP contribution in [-0.2, 0) is 17.1 Å². The summed E-state index contributed by atoms with van der Waals surface area (Å²) in [6, 6.07) is 8.29. The largest absolute Gasteiger partial charge is 0.454 e. The highest BCUT2D eigenvalue weighted by Crippen LogP contribution is 2.38. The van der Waals surface area contributed by atoms with Crippen molar-refractivity contribution in [2.45, 2.75) is 4.90 Å². The summed E-state index contributed by atoms with van der Waals surface area (Å²) in [5.41, 5.74) is 0.727. The number of sulfonamides is 1. The lowest BCUT2D eigenvalue weighted by molar-refractivity contribution is 0.438. The number of fused-ring (bicyclic) bond motifs is 1. The van der Waals surface area contributed by atoms with Crippen molar-refractivity contribution in [2.24, 2.45) is 12.2 Å². The first kappa shape index (κ1) is 19.8. The highest BCUT2D eigenvalue weighted by atomic mass is 32.2. The van der Waals surface area contributed by atoms with E-state index < -0.39 is 21.7 Å². The van der Waals surface area contributed by atoms with Crippen LogP contribution in [0.25, 0.3) is 22.0 Å². The Bertz CT molecular complexity index is 1460. The fourth-order valence-corrected chi connectivity index (χ4v) is 3.69. The molecule has 7 nitrogen and oxygen atoms in total. The van der Waals surface area contributed by atoms with Gasteiger partial charge in [0.05, 0.1) is 4.90 Å². The Morgan fingerprint density at radius 2 is 1.77 bits per heavy atom. The number of nitrogens with one attached hydrogen (secondary N) is 1. The van der Waals surface area contributed by atoms with Gasteiger partial charge in [0.25, 0.3) is 5.56 Å². The summed E-state index contributed by atoms with van der Waals surface area (Å²) in [4.78, 5) is 15.0. The molecule has 2 aromatic carbocycles. The van der Waals surface area contributed by atoms with E-state index in [9.17, 15) is 22.0 Å². The smallest absolute Gasteiger partial charge is 0.274 e. The molecule has 2 heterocycles. The van der Waals surface area contributed by atoms with E-state index in [0.29, 0.717) is 22.5 Å². The molecule has 0 unspecified atom stereocenters. The molecule has 0 saturated carbocycles. The van der Waals surface area contributed by atoms with Gasteiger partial charge in [-0.1, -0.05) is 0 Å². The van der Waals surface area contributed by atoms with E-state index >= 15 is 0 Å². The van der Waals surface area contributed by atoms with Crippen molar-refractivity contribution in [1.82, 2.24) is 9.55 Å². The van der Waals surface area contributed by atoms with Gasteiger partial charge in [-0.15, -0.1) is 0 Å². The maximum atomic E-state index is 14.1. The van der Waals surface area contributed by atoms with Crippen molar-refractivity contribution in [3.8, 4) is 22.6 Å². The Labute approximate surface area is 169 Å². The lowest BCUT2D eigenvalue weighted by Crippen LogP contribution is -2.16. The summed E-state index contributed by atoms with van der Waals surface area (Å²) in [6.45, 7) is 0. The number of aromatic nitrogens is 2. The average Bonchev–Trinajstić information content (AvgIpc) is 3.16. The number of rotatable bonds is 4. The standard InChI is InChI=1S/C20H15F2N3O4S/c1-25-10-15(13-6-7-24-19(13)20(25)26)14-9-12(30(23,27)28)3-5-17(14)29-18-4-2-11(21)8-16(18)22/h2-10,24H,1H3,(H2,23,27,28). The molecule has 0 aliphatic rings. The van der Waals surface area contributed by atoms with E-state index in [1.165, 1.54) is 36.0 Å². The zero-order chi connectivity index (χ0) is 21.6. The molecule has 10 heteroatoms. The van der Waals surface area contributed by atoms with E-state index in [1.807, 2.05) is 0 Å². The fraction of sp³-hybridized carbons (Fsp3) is 0.0500. The van der Waals surface area contributed by atoms with Crippen molar-refractivity contribution in [2.75, 3.05) is 0 Å². The van der Waals surface area contributed by atoms with Crippen molar-refractivity contribution in [1.29, 1.82) is 0 Å². The van der Waals surface area contributed by atoms with Crippen LogP contribution in [0, 0.1) is 11.6 Å². The third-order valence-corrected chi connectivity index (χ3v) is 5.49. The highest BCUT2D eigenvalue weighted by molar-refractivity contribution is 7.89. The molecule has 0 radical (unpaired) electrons. The third-order valence-electron chi connectivity index (χ3n) is 4.58. The first-order valence-corrected chi connectivity index (χ1v) is 10.2. The van der Waals surface area contributed by atoms with Crippen LogP contribution in [-0.4, -0.2) is 18.0 Å². The van der Waals surface area contributed by atoms with Gasteiger partial charge in [-0.25, -0.2) is 22.3 Å². The van der Waals surface area contributed by atoms with Gasteiger partial charge in [0.15, 0.2) is 11.6 Å². The fourth-order valence-electron chi connectivity index (χ4n) is 3.15. The Balaban J connectivity index is 1.99. The summed E-state index contributed by atoms with van der Waals surface area (Å²) in [5.74, 6) is -1.86. The predicted octanol–water partition coefficient (Wildman–Crippen LogP) is 3.25. The normalized spacial score (nSPS) is 11.7. The monoisotopic (exact) mass is 431 g/mol. The van der Waals surface area contributed by atoms with Crippen molar-refractivity contribution in [3.63, 3.8) is 0 Å². The van der Waals surface area contributed by atoms with Crippen LogP contribution in [0.15, 0.2) is 64.5 Å². The molecule has 30 heavy (non-hydrogen) atoms. The molecule has 4 rings (SSSR count). The quantitative estimate of drug-likeness (QED) is 0.517. The third kappa shape index (κ3) is 3.46. The zero-order valence-electron chi connectivity index (χ0n) is 15.5. The number of primary sulfonamides is 1. The molecule has 0 bridgehead atoms. The van der Waals surface area contributed by atoms with Gasteiger partial charge in [0.2, 0.25) is 10.0 Å². The van der Waals surface area contributed by atoms with Crippen molar-refractivity contribution < 1.29 is 21.9 Å². The Morgan fingerprint density at radius 1 is 1.03 bits per heavy atom. The lowest BCUT2D eigenvalue weighted by Gasteiger charge is -2.15. The van der Waals surface area contributed by atoms with Crippen molar-refractivity contribution in [3.05, 3.63) is 76.8 Å². The van der Waals surface area contributed by atoms with Crippen LogP contribution in [0.4, 0.5) is 8.78 Å². The number of hydrogen-bond donors (Lipinski definition) is 2. The van der Waals surface area contributed by atoms with E-state index in [-0.39, 0.29) is 27.5 Å². The van der Waals surface area contributed by atoms with Gasteiger partial charge < -0.3 is 14.3 Å².